The van der Waals surface area contributed by atoms with Crippen LogP contribution in [0.25, 0.3) is 0 Å². The number of thioether (sulfide) groups is 1. The highest BCUT2D eigenvalue weighted by atomic mass is 32.2. The monoisotopic (exact) mass is 385 g/mol. The first-order valence-corrected chi connectivity index (χ1v) is 11.4. The van der Waals surface area contributed by atoms with Crippen LogP contribution in [0.2, 0.25) is 0 Å². The Kier molecular flexibility index (Phi) is 7.74. The van der Waals surface area contributed by atoms with Gasteiger partial charge in [-0.15, -0.1) is 0 Å². The lowest BCUT2D eigenvalue weighted by Gasteiger charge is -2.31. The number of rotatable bonds is 8. The van der Waals surface area contributed by atoms with Crippen molar-refractivity contribution in [1.29, 1.82) is 0 Å². The van der Waals surface area contributed by atoms with Gasteiger partial charge < -0.3 is 10.6 Å². The standard InChI is InChI=1S/C17H27N3O3S2/c1-13-8-10-18-12-16(13)19-17(21)15(9-11-24-2)20-25(22,23)14-6-4-3-5-7-14/h3-7,13,15-16,18,20H,8-12H2,1-2H3,(H,19,21). The van der Waals surface area contributed by atoms with Crippen molar-refractivity contribution >= 4 is 27.7 Å². The number of benzene rings is 1. The molecule has 25 heavy (non-hydrogen) atoms. The van der Waals surface area contributed by atoms with Crippen molar-refractivity contribution in [2.24, 2.45) is 5.92 Å². The molecule has 1 aliphatic heterocycles. The van der Waals surface area contributed by atoms with Crippen LogP contribution in [0, 0.1) is 5.92 Å². The molecule has 1 saturated heterocycles. The van der Waals surface area contributed by atoms with Gasteiger partial charge in [0.2, 0.25) is 15.9 Å². The first-order valence-electron chi connectivity index (χ1n) is 8.51. The fraction of sp³-hybridized carbons (Fsp3) is 0.588. The molecule has 6 nitrogen and oxygen atoms in total. The Morgan fingerprint density at radius 2 is 2.08 bits per heavy atom. The van der Waals surface area contributed by atoms with E-state index < -0.39 is 16.1 Å². The normalized spacial score (nSPS) is 22.3. The van der Waals surface area contributed by atoms with Crippen LogP contribution >= 0.6 is 11.8 Å². The molecule has 1 aromatic carbocycles. The number of hydrogen-bond acceptors (Lipinski definition) is 5. The van der Waals surface area contributed by atoms with Crippen LogP contribution in [0.15, 0.2) is 35.2 Å². The van der Waals surface area contributed by atoms with E-state index in [0.29, 0.717) is 24.6 Å². The lowest BCUT2D eigenvalue weighted by molar-refractivity contribution is -0.123. The highest BCUT2D eigenvalue weighted by Crippen LogP contribution is 2.14. The predicted octanol–water partition coefficient (Wildman–Crippen LogP) is 1.20. The summed E-state index contributed by atoms with van der Waals surface area (Å²) in [6, 6.07) is 7.40. The van der Waals surface area contributed by atoms with E-state index in [1.165, 1.54) is 12.1 Å². The Hall–Kier alpha value is -1.09. The summed E-state index contributed by atoms with van der Waals surface area (Å²) in [7, 11) is -3.72. The molecule has 0 radical (unpaired) electrons. The minimum atomic E-state index is -3.72. The molecule has 140 valence electrons. The van der Waals surface area contributed by atoms with E-state index in [4.69, 9.17) is 0 Å². The summed E-state index contributed by atoms with van der Waals surface area (Å²) in [6.45, 7) is 3.77. The highest BCUT2D eigenvalue weighted by molar-refractivity contribution is 7.98. The van der Waals surface area contributed by atoms with Gasteiger partial charge in [-0.2, -0.15) is 16.5 Å². The summed E-state index contributed by atoms with van der Waals surface area (Å²) in [4.78, 5) is 12.9. The summed E-state index contributed by atoms with van der Waals surface area (Å²) in [5.41, 5.74) is 0. The van der Waals surface area contributed by atoms with Crippen LogP contribution < -0.4 is 15.4 Å². The van der Waals surface area contributed by atoms with Gasteiger partial charge in [0.25, 0.3) is 0 Å². The van der Waals surface area contributed by atoms with Crippen LogP contribution in [-0.4, -0.2) is 51.5 Å². The predicted molar refractivity (Wildman–Crippen MR) is 102 cm³/mol. The summed E-state index contributed by atoms with van der Waals surface area (Å²) < 4.78 is 27.7. The summed E-state index contributed by atoms with van der Waals surface area (Å²) in [6.07, 6.45) is 3.39. The van der Waals surface area contributed by atoms with Gasteiger partial charge in [0, 0.05) is 12.6 Å². The molecule has 1 amide bonds. The Balaban J connectivity index is 2.08. The van der Waals surface area contributed by atoms with Crippen molar-refractivity contribution in [2.75, 3.05) is 25.1 Å². The molecule has 0 aromatic heterocycles. The Morgan fingerprint density at radius 3 is 2.72 bits per heavy atom. The Bertz CT molecular complexity index is 652. The average molecular weight is 386 g/mol. The van der Waals surface area contributed by atoms with Crippen LogP contribution in [0.5, 0.6) is 0 Å². The lowest BCUT2D eigenvalue weighted by Crippen LogP contribution is -2.55. The molecule has 3 atom stereocenters. The third-order valence-corrected chi connectivity index (χ3v) is 6.56. The van der Waals surface area contributed by atoms with E-state index >= 15 is 0 Å². The maximum Gasteiger partial charge on any atom is 0.241 e. The van der Waals surface area contributed by atoms with Crippen molar-refractivity contribution in [3.8, 4) is 0 Å². The minimum Gasteiger partial charge on any atom is -0.350 e. The van der Waals surface area contributed by atoms with Gasteiger partial charge in [-0.1, -0.05) is 25.1 Å². The molecule has 0 spiro atoms. The molecule has 8 heteroatoms. The van der Waals surface area contributed by atoms with Crippen molar-refractivity contribution in [3.63, 3.8) is 0 Å². The molecule has 3 unspecified atom stereocenters. The van der Waals surface area contributed by atoms with E-state index in [1.54, 1.807) is 30.0 Å². The maximum atomic E-state index is 12.7. The maximum absolute atomic E-state index is 12.7. The second-order valence-corrected chi connectivity index (χ2v) is 9.05. The Labute approximate surface area is 154 Å². The molecule has 2 rings (SSSR count). The van der Waals surface area contributed by atoms with Crippen molar-refractivity contribution in [1.82, 2.24) is 15.4 Å². The van der Waals surface area contributed by atoms with Gasteiger partial charge in [-0.25, -0.2) is 8.42 Å². The summed E-state index contributed by atoms with van der Waals surface area (Å²) in [5.74, 6) is 0.819. The van der Waals surface area contributed by atoms with E-state index in [9.17, 15) is 13.2 Å². The van der Waals surface area contributed by atoms with Crippen LogP contribution in [0.3, 0.4) is 0 Å². The van der Waals surface area contributed by atoms with Crippen molar-refractivity contribution in [2.45, 2.75) is 36.7 Å². The zero-order chi connectivity index (χ0) is 18.3. The van der Waals surface area contributed by atoms with Gasteiger partial charge in [0.15, 0.2) is 0 Å². The molecule has 1 fully saturated rings. The number of carbonyl (C=O) groups is 1. The van der Waals surface area contributed by atoms with Crippen molar-refractivity contribution < 1.29 is 13.2 Å². The number of carbonyl (C=O) groups excluding carboxylic acids is 1. The number of amides is 1. The molecule has 0 saturated carbocycles. The Morgan fingerprint density at radius 1 is 1.36 bits per heavy atom. The minimum absolute atomic E-state index is 0.0271. The first-order chi connectivity index (χ1) is 11.9. The van der Waals surface area contributed by atoms with Crippen molar-refractivity contribution in [3.05, 3.63) is 30.3 Å². The summed E-state index contributed by atoms with van der Waals surface area (Å²) >= 11 is 1.59. The number of hydrogen-bond donors (Lipinski definition) is 3. The lowest BCUT2D eigenvalue weighted by atomic mass is 9.94. The third-order valence-electron chi connectivity index (χ3n) is 4.43. The first kappa shape index (κ1) is 20.2. The van der Waals surface area contributed by atoms with E-state index in [1.807, 2.05) is 6.26 Å². The second-order valence-electron chi connectivity index (χ2n) is 6.35. The SMILES string of the molecule is CSCCC(NS(=O)(=O)c1ccccc1)C(=O)NC1CNCCC1C. The van der Waals surface area contributed by atoms with E-state index in [2.05, 4.69) is 22.3 Å². The van der Waals surface area contributed by atoms with Gasteiger partial charge in [0.05, 0.1) is 4.90 Å². The molecular weight excluding hydrogens is 358 g/mol. The smallest absolute Gasteiger partial charge is 0.241 e. The molecule has 0 bridgehead atoms. The van der Waals surface area contributed by atoms with Gasteiger partial charge >= 0.3 is 0 Å². The molecule has 1 aromatic rings. The third kappa shape index (κ3) is 5.99. The molecular formula is C17H27N3O3S2. The fourth-order valence-electron chi connectivity index (χ4n) is 2.80. The summed E-state index contributed by atoms with van der Waals surface area (Å²) in [5, 5.41) is 6.28. The van der Waals surface area contributed by atoms with Crippen LogP contribution in [-0.2, 0) is 14.8 Å². The van der Waals surface area contributed by atoms with Gasteiger partial charge in [-0.05, 0) is 49.4 Å². The fourth-order valence-corrected chi connectivity index (χ4v) is 4.52. The number of nitrogens with one attached hydrogen (secondary N) is 3. The van der Waals surface area contributed by atoms with Gasteiger partial charge in [0.1, 0.15) is 6.04 Å². The second kappa shape index (κ2) is 9.56. The zero-order valence-corrected chi connectivity index (χ0v) is 16.3. The topological polar surface area (TPSA) is 87.3 Å². The molecule has 3 N–H and O–H groups in total. The molecule has 1 aliphatic rings. The zero-order valence-electron chi connectivity index (χ0n) is 14.7. The van der Waals surface area contributed by atoms with E-state index in [0.717, 1.165) is 13.0 Å². The highest BCUT2D eigenvalue weighted by Gasteiger charge is 2.29. The molecule has 0 aliphatic carbocycles. The largest absolute Gasteiger partial charge is 0.350 e. The quantitative estimate of drug-likeness (QED) is 0.626. The van der Waals surface area contributed by atoms with Gasteiger partial charge in [-0.3, -0.25) is 4.79 Å². The van der Waals surface area contributed by atoms with E-state index in [-0.39, 0.29) is 16.8 Å². The number of piperidine rings is 1. The van der Waals surface area contributed by atoms with Crippen LogP contribution in [0.1, 0.15) is 19.8 Å². The van der Waals surface area contributed by atoms with Crippen LogP contribution in [0.4, 0.5) is 0 Å². The molecule has 1 heterocycles. The average Bonchev–Trinajstić information content (AvgIpc) is 2.61. The number of sulfonamides is 1.